The van der Waals surface area contributed by atoms with Gasteiger partial charge in [-0.05, 0) is 26.4 Å². The van der Waals surface area contributed by atoms with E-state index in [-0.39, 0.29) is 16.9 Å². The van der Waals surface area contributed by atoms with Gasteiger partial charge in [-0.25, -0.2) is 0 Å². The Morgan fingerprint density at radius 2 is 2.11 bits per heavy atom. The van der Waals surface area contributed by atoms with Crippen molar-refractivity contribution in [2.45, 2.75) is 27.2 Å². The number of rotatable bonds is 7. The molecule has 0 saturated carbocycles. The third-order valence-electron chi connectivity index (χ3n) is 3.00. The van der Waals surface area contributed by atoms with Gasteiger partial charge in [-0.2, -0.15) is 0 Å². The smallest absolute Gasteiger partial charge is 0.256 e. The number of hydrogen-bond acceptors (Lipinski definition) is 3. The number of likely N-dealkylation sites (N-methyl/N-ethyl adjacent to an activating group) is 1. The van der Waals surface area contributed by atoms with Crippen LogP contribution in [0.5, 0.6) is 0 Å². The summed E-state index contributed by atoms with van der Waals surface area (Å²) >= 11 is 0. The Morgan fingerprint density at radius 3 is 2.68 bits per heavy atom. The number of aromatic amines is 1. The lowest BCUT2D eigenvalue weighted by atomic mass is 10.2. The molecule has 1 aromatic rings. The van der Waals surface area contributed by atoms with Gasteiger partial charge in [0.05, 0.1) is 0 Å². The van der Waals surface area contributed by atoms with E-state index in [0.717, 1.165) is 31.7 Å². The van der Waals surface area contributed by atoms with E-state index in [1.165, 1.54) is 12.3 Å². The second-order valence-corrected chi connectivity index (χ2v) is 4.58. The van der Waals surface area contributed by atoms with Crippen LogP contribution in [0.4, 0.5) is 0 Å². The molecule has 0 spiro atoms. The minimum Gasteiger partial charge on any atom is -0.364 e. The molecule has 0 aliphatic heterocycles. The average Bonchev–Trinajstić information content (AvgIpc) is 2.37. The van der Waals surface area contributed by atoms with Crippen molar-refractivity contribution >= 4 is 5.91 Å². The fourth-order valence-corrected chi connectivity index (χ4v) is 1.92. The maximum absolute atomic E-state index is 11.9. The molecule has 1 heterocycles. The number of aromatic nitrogens is 1. The topological polar surface area (TPSA) is 65.2 Å². The van der Waals surface area contributed by atoms with Gasteiger partial charge in [0.1, 0.15) is 5.56 Å². The molecule has 2 N–H and O–H groups in total. The van der Waals surface area contributed by atoms with E-state index in [1.807, 2.05) is 0 Å². The highest BCUT2D eigenvalue weighted by molar-refractivity contribution is 5.93. The third kappa shape index (κ3) is 4.87. The molecular formula is C14H23N3O2. The van der Waals surface area contributed by atoms with Crippen molar-refractivity contribution < 1.29 is 4.79 Å². The number of amides is 1. The van der Waals surface area contributed by atoms with Gasteiger partial charge in [-0.3, -0.25) is 9.59 Å². The van der Waals surface area contributed by atoms with Gasteiger partial charge in [0.25, 0.3) is 5.91 Å². The summed E-state index contributed by atoms with van der Waals surface area (Å²) in [5.41, 5.74) is 0.681. The SMILES string of the molecule is CCCN(CC)CCNC(=O)c1c[nH]c(C)cc1=O. The van der Waals surface area contributed by atoms with E-state index in [9.17, 15) is 9.59 Å². The zero-order chi connectivity index (χ0) is 14.3. The van der Waals surface area contributed by atoms with Crippen LogP contribution in [0, 0.1) is 6.92 Å². The molecule has 5 nitrogen and oxygen atoms in total. The number of pyridine rings is 1. The fraction of sp³-hybridized carbons (Fsp3) is 0.571. The summed E-state index contributed by atoms with van der Waals surface area (Å²) in [6.07, 6.45) is 2.57. The fourth-order valence-electron chi connectivity index (χ4n) is 1.92. The van der Waals surface area contributed by atoms with Crippen LogP contribution in [-0.4, -0.2) is 42.0 Å². The number of nitrogens with zero attached hydrogens (tertiary/aromatic N) is 1. The van der Waals surface area contributed by atoms with E-state index >= 15 is 0 Å². The monoisotopic (exact) mass is 265 g/mol. The maximum atomic E-state index is 11.9. The van der Waals surface area contributed by atoms with E-state index < -0.39 is 0 Å². The molecule has 0 bridgehead atoms. The first-order valence-electron chi connectivity index (χ1n) is 6.78. The highest BCUT2D eigenvalue weighted by Crippen LogP contribution is 1.93. The van der Waals surface area contributed by atoms with Gasteiger partial charge >= 0.3 is 0 Å². The van der Waals surface area contributed by atoms with Crippen molar-refractivity contribution in [1.82, 2.24) is 15.2 Å². The number of hydrogen-bond donors (Lipinski definition) is 2. The van der Waals surface area contributed by atoms with Crippen LogP contribution in [0.3, 0.4) is 0 Å². The first-order valence-corrected chi connectivity index (χ1v) is 6.78. The van der Waals surface area contributed by atoms with Gasteiger partial charge in [0.2, 0.25) is 0 Å². The predicted octanol–water partition coefficient (Wildman–Crippen LogP) is 1.15. The summed E-state index contributed by atoms with van der Waals surface area (Å²) in [7, 11) is 0. The molecule has 1 aromatic heterocycles. The summed E-state index contributed by atoms with van der Waals surface area (Å²) < 4.78 is 0. The summed E-state index contributed by atoms with van der Waals surface area (Å²) in [6.45, 7) is 9.37. The van der Waals surface area contributed by atoms with Gasteiger partial charge in [-0.15, -0.1) is 0 Å². The minimum absolute atomic E-state index is 0.170. The Bertz CT molecular complexity index is 468. The summed E-state index contributed by atoms with van der Waals surface area (Å²) in [6, 6.07) is 1.43. The van der Waals surface area contributed by atoms with E-state index in [1.54, 1.807) is 6.92 Å². The van der Waals surface area contributed by atoms with E-state index in [0.29, 0.717) is 6.54 Å². The molecule has 0 unspecified atom stereocenters. The normalized spacial score (nSPS) is 10.7. The van der Waals surface area contributed by atoms with E-state index in [4.69, 9.17) is 0 Å². The predicted molar refractivity (Wildman–Crippen MR) is 76.5 cm³/mol. The van der Waals surface area contributed by atoms with Crippen LogP contribution in [0.2, 0.25) is 0 Å². The number of aryl methyl sites for hydroxylation is 1. The lowest BCUT2D eigenvalue weighted by molar-refractivity contribution is 0.0947. The Kier molecular flexibility index (Phi) is 6.29. The standard InChI is InChI=1S/C14H23N3O2/c1-4-7-17(5-2)8-6-15-14(19)12-10-16-11(3)9-13(12)18/h9-10H,4-8H2,1-3H3,(H,15,19)(H,16,18). The molecule has 0 radical (unpaired) electrons. The summed E-state index contributed by atoms with van der Waals surface area (Å²) in [5, 5.41) is 2.78. The first kappa shape index (κ1) is 15.4. The lowest BCUT2D eigenvalue weighted by Crippen LogP contribution is -2.36. The molecule has 0 atom stereocenters. The average molecular weight is 265 g/mol. The van der Waals surface area contributed by atoms with Crippen molar-refractivity contribution in [1.29, 1.82) is 0 Å². The van der Waals surface area contributed by atoms with Crippen LogP contribution in [0.1, 0.15) is 36.3 Å². The molecule has 0 aliphatic rings. The molecule has 5 heteroatoms. The molecule has 0 aromatic carbocycles. The highest BCUT2D eigenvalue weighted by Gasteiger charge is 2.10. The number of nitrogens with one attached hydrogen (secondary N) is 2. The molecule has 0 fully saturated rings. The molecule has 19 heavy (non-hydrogen) atoms. The van der Waals surface area contributed by atoms with Gasteiger partial charge in [-0.1, -0.05) is 13.8 Å². The largest absolute Gasteiger partial charge is 0.364 e. The van der Waals surface area contributed by atoms with Gasteiger partial charge in [0, 0.05) is 31.0 Å². The quantitative estimate of drug-likeness (QED) is 0.777. The number of carbonyl (C=O) groups excluding carboxylic acids is 1. The number of carbonyl (C=O) groups is 1. The molecule has 0 saturated heterocycles. The molecule has 0 aliphatic carbocycles. The van der Waals surface area contributed by atoms with Crippen molar-refractivity contribution in [2.75, 3.05) is 26.2 Å². The van der Waals surface area contributed by atoms with Crippen LogP contribution in [0.25, 0.3) is 0 Å². The molecular weight excluding hydrogens is 242 g/mol. The Morgan fingerprint density at radius 1 is 1.37 bits per heavy atom. The zero-order valence-corrected chi connectivity index (χ0v) is 12.0. The van der Waals surface area contributed by atoms with Crippen LogP contribution < -0.4 is 10.7 Å². The Hall–Kier alpha value is -1.62. The lowest BCUT2D eigenvalue weighted by Gasteiger charge is -2.19. The summed E-state index contributed by atoms with van der Waals surface area (Å²) in [4.78, 5) is 28.6. The molecule has 1 rings (SSSR count). The maximum Gasteiger partial charge on any atom is 0.256 e. The molecule has 1 amide bonds. The van der Waals surface area contributed by atoms with Crippen molar-refractivity contribution in [3.8, 4) is 0 Å². The second kappa shape index (κ2) is 7.74. The second-order valence-electron chi connectivity index (χ2n) is 4.58. The van der Waals surface area contributed by atoms with Gasteiger partial charge < -0.3 is 15.2 Å². The van der Waals surface area contributed by atoms with Crippen LogP contribution in [-0.2, 0) is 0 Å². The Labute approximate surface area is 114 Å². The van der Waals surface area contributed by atoms with Crippen LogP contribution in [0.15, 0.2) is 17.1 Å². The van der Waals surface area contributed by atoms with Crippen molar-refractivity contribution in [3.05, 3.63) is 33.7 Å². The van der Waals surface area contributed by atoms with Crippen LogP contribution >= 0.6 is 0 Å². The highest BCUT2D eigenvalue weighted by atomic mass is 16.2. The van der Waals surface area contributed by atoms with Crippen molar-refractivity contribution in [2.24, 2.45) is 0 Å². The minimum atomic E-state index is -0.311. The molecule has 106 valence electrons. The number of H-pyrrole nitrogens is 1. The van der Waals surface area contributed by atoms with Crippen molar-refractivity contribution in [3.63, 3.8) is 0 Å². The third-order valence-corrected chi connectivity index (χ3v) is 3.00. The van der Waals surface area contributed by atoms with Gasteiger partial charge in [0.15, 0.2) is 5.43 Å². The van der Waals surface area contributed by atoms with E-state index in [2.05, 4.69) is 29.0 Å². The first-order chi connectivity index (χ1) is 9.08. The summed E-state index contributed by atoms with van der Waals surface area (Å²) in [5.74, 6) is -0.311. The zero-order valence-electron chi connectivity index (χ0n) is 12.0. The Balaban J connectivity index is 2.49.